The van der Waals surface area contributed by atoms with Crippen LogP contribution in [-0.2, 0) is 25.5 Å². The van der Waals surface area contributed by atoms with Crippen LogP contribution in [0.4, 0.5) is 0 Å². The van der Waals surface area contributed by atoms with Crippen molar-refractivity contribution >= 4 is 11.9 Å². The zero-order chi connectivity index (χ0) is 29.8. The summed E-state index contributed by atoms with van der Waals surface area (Å²) in [5.74, 6) is 0.966. The van der Waals surface area contributed by atoms with Crippen LogP contribution in [0.3, 0.4) is 0 Å². The number of unbranched alkanes of at least 4 members (excludes halogenated alkanes) is 2. The van der Waals surface area contributed by atoms with Gasteiger partial charge in [-0.15, -0.1) is 6.58 Å². The highest BCUT2D eigenvalue weighted by atomic mass is 16.6. The fourth-order valence-electron chi connectivity index (χ4n) is 5.52. The van der Waals surface area contributed by atoms with E-state index in [1.807, 2.05) is 57.2 Å². The first kappa shape index (κ1) is 32.2. The molecule has 0 bridgehead atoms. The lowest BCUT2D eigenvalue weighted by Gasteiger charge is -2.29. The SMILES string of the molecule is C=CCCC(CCCCCOc1ccc(CC(=O)OC)cc1)C(=C)[C@H](C(=O)OC(C)(C)C)[C@@H]1C[C@H]1c1ccccc1. The number of carbonyl (C=O) groups excluding carboxylic acids is 2. The van der Waals surface area contributed by atoms with E-state index in [1.165, 1.54) is 12.7 Å². The summed E-state index contributed by atoms with van der Waals surface area (Å²) in [6.45, 7) is 14.9. The third-order valence-corrected chi connectivity index (χ3v) is 7.76. The van der Waals surface area contributed by atoms with E-state index in [-0.39, 0.29) is 36.1 Å². The summed E-state index contributed by atoms with van der Waals surface area (Å²) < 4.78 is 16.6. The van der Waals surface area contributed by atoms with E-state index in [0.717, 1.165) is 61.8 Å². The largest absolute Gasteiger partial charge is 0.494 e. The van der Waals surface area contributed by atoms with Gasteiger partial charge in [-0.2, -0.15) is 0 Å². The van der Waals surface area contributed by atoms with Crippen LogP contribution in [0.15, 0.2) is 79.4 Å². The van der Waals surface area contributed by atoms with Crippen LogP contribution >= 0.6 is 0 Å². The second-order valence-electron chi connectivity index (χ2n) is 12.2. The Labute approximate surface area is 247 Å². The van der Waals surface area contributed by atoms with Crippen LogP contribution in [0.5, 0.6) is 5.75 Å². The highest BCUT2D eigenvalue weighted by Crippen LogP contribution is 2.55. The number of hydrogen-bond donors (Lipinski definition) is 0. The third-order valence-electron chi connectivity index (χ3n) is 7.76. The summed E-state index contributed by atoms with van der Waals surface area (Å²) in [6.07, 6.45) is 9.04. The summed E-state index contributed by atoms with van der Waals surface area (Å²) in [7, 11) is 1.39. The molecule has 1 aliphatic rings. The van der Waals surface area contributed by atoms with Crippen molar-refractivity contribution < 1.29 is 23.8 Å². The predicted molar refractivity (Wildman–Crippen MR) is 165 cm³/mol. The first-order chi connectivity index (χ1) is 19.6. The van der Waals surface area contributed by atoms with Crippen LogP contribution in [0.2, 0.25) is 0 Å². The molecule has 0 spiro atoms. The molecule has 5 nitrogen and oxygen atoms in total. The Kier molecular flexibility index (Phi) is 12.2. The maximum atomic E-state index is 13.5. The van der Waals surface area contributed by atoms with Crippen LogP contribution < -0.4 is 4.74 Å². The van der Waals surface area contributed by atoms with Gasteiger partial charge in [0.1, 0.15) is 11.4 Å². The summed E-state index contributed by atoms with van der Waals surface area (Å²) in [4.78, 5) is 25.0. The van der Waals surface area contributed by atoms with E-state index < -0.39 is 5.60 Å². The number of hydrogen-bond acceptors (Lipinski definition) is 5. The lowest BCUT2D eigenvalue weighted by atomic mass is 9.79. The first-order valence-electron chi connectivity index (χ1n) is 15.0. The topological polar surface area (TPSA) is 61.8 Å². The van der Waals surface area contributed by atoms with Gasteiger partial charge in [0.15, 0.2) is 0 Å². The van der Waals surface area contributed by atoms with Gasteiger partial charge in [0.2, 0.25) is 0 Å². The zero-order valence-corrected chi connectivity index (χ0v) is 25.4. The van der Waals surface area contributed by atoms with Crippen molar-refractivity contribution in [3.63, 3.8) is 0 Å². The van der Waals surface area contributed by atoms with Crippen LogP contribution in [0.1, 0.15) is 82.8 Å². The fourth-order valence-corrected chi connectivity index (χ4v) is 5.52. The van der Waals surface area contributed by atoms with E-state index in [2.05, 4.69) is 37.4 Å². The number of benzene rings is 2. The van der Waals surface area contributed by atoms with Crippen molar-refractivity contribution in [3.8, 4) is 5.75 Å². The number of ether oxygens (including phenoxy) is 3. The quantitative estimate of drug-likeness (QED) is 0.111. The van der Waals surface area contributed by atoms with Gasteiger partial charge in [0.25, 0.3) is 0 Å². The standard InChI is InChI=1S/C36H48O5/c1-7-8-15-28(16-13-10-14-23-40-30-21-19-27(20-22-30)24-33(37)39-6)26(2)34(35(38)41-36(3,4)5)32-25-31(32)29-17-11-9-12-18-29/h7,9,11-12,17-22,28,31-32,34H,1-2,8,10,13-16,23-25H2,3-6H3/t28?,31-,32+,34-/m0/s1. The summed E-state index contributed by atoms with van der Waals surface area (Å²) in [5, 5.41) is 0. The van der Waals surface area contributed by atoms with Gasteiger partial charge in [-0.3, -0.25) is 9.59 Å². The molecule has 0 aromatic heterocycles. The molecule has 0 N–H and O–H groups in total. The van der Waals surface area contributed by atoms with Crippen molar-refractivity contribution in [1.82, 2.24) is 0 Å². The van der Waals surface area contributed by atoms with Crippen molar-refractivity contribution in [3.05, 3.63) is 90.5 Å². The van der Waals surface area contributed by atoms with Crippen LogP contribution in [-0.4, -0.2) is 31.3 Å². The predicted octanol–water partition coefficient (Wildman–Crippen LogP) is 8.24. The number of rotatable bonds is 17. The Morgan fingerprint density at radius 2 is 1.71 bits per heavy atom. The Balaban J connectivity index is 1.55. The normalized spacial score (nSPS) is 17.7. The molecule has 1 fully saturated rings. The molecule has 2 aromatic rings. The summed E-state index contributed by atoms with van der Waals surface area (Å²) >= 11 is 0. The van der Waals surface area contributed by atoms with E-state index in [4.69, 9.17) is 14.2 Å². The molecule has 0 amide bonds. The Hall–Kier alpha value is -3.34. The van der Waals surface area contributed by atoms with Gasteiger partial charge in [-0.05, 0) is 93.9 Å². The molecular formula is C36H48O5. The average Bonchev–Trinajstić information content (AvgIpc) is 3.72. The summed E-state index contributed by atoms with van der Waals surface area (Å²) in [5.41, 5.74) is 2.68. The maximum Gasteiger partial charge on any atom is 0.313 e. The molecule has 5 heteroatoms. The number of allylic oxidation sites excluding steroid dienone is 1. The highest BCUT2D eigenvalue weighted by molar-refractivity contribution is 5.77. The first-order valence-corrected chi connectivity index (χ1v) is 15.0. The molecule has 0 radical (unpaired) electrons. The molecule has 0 aliphatic heterocycles. The molecule has 2 aromatic carbocycles. The zero-order valence-electron chi connectivity index (χ0n) is 25.4. The number of carbonyl (C=O) groups is 2. The van der Waals surface area contributed by atoms with Gasteiger partial charge in [-0.1, -0.05) is 73.5 Å². The minimum absolute atomic E-state index is 0.138. The maximum absolute atomic E-state index is 13.5. The van der Waals surface area contributed by atoms with Gasteiger partial charge in [-0.25, -0.2) is 0 Å². The van der Waals surface area contributed by atoms with E-state index >= 15 is 0 Å². The molecule has 41 heavy (non-hydrogen) atoms. The molecule has 0 heterocycles. The van der Waals surface area contributed by atoms with Crippen LogP contribution in [0, 0.1) is 17.8 Å². The summed E-state index contributed by atoms with van der Waals surface area (Å²) in [6, 6.07) is 18.1. The molecule has 1 aliphatic carbocycles. The minimum atomic E-state index is -0.537. The average molecular weight is 561 g/mol. The second kappa shape index (κ2) is 15.6. The molecule has 222 valence electrons. The number of esters is 2. The van der Waals surface area contributed by atoms with Gasteiger partial charge in [0.05, 0.1) is 26.1 Å². The molecule has 1 saturated carbocycles. The highest BCUT2D eigenvalue weighted by Gasteiger charge is 2.49. The van der Waals surface area contributed by atoms with Gasteiger partial charge >= 0.3 is 11.9 Å². The second-order valence-corrected chi connectivity index (χ2v) is 12.2. The monoisotopic (exact) mass is 560 g/mol. The molecule has 3 rings (SSSR count). The van der Waals surface area contributed by atoms with Crippen molar-refractivity contribution in [1.29, 1.82) is 0 Å². The molecular weight excluding hydrogens is 512 g/mol. The van der Waals surface area contributed by atoms with E-state index in [1.54, 1.807) is 0 Å². The van der Waals surface area contributed by atoms with Crippen LogP contribution in [0.25, 0.3) is 0 Å². The van der Waals surface area contributed by atoms with Crippen molar-refractivity contribution in [2.75, 3.05) is 13.7 Å². The Morgan fingerprint density at radius 3 is 2.34 bits per heavy atom. The van der Waals surface area contributed by atoms with E-state index in [0.29, 0.717) is 12.5 Å². The molecule has 0 saturated heterocycles. The Bertz CT molecular complexity index is 1130. The molecule has 4 atom stereocenters. The third kappa shape index (κ3) is 10.5. The number of methoxy groups -OCH3 is 1. The van der Waals surface area contributed by atoms with Gasteiger partial charge in [0, 0.05) is 0 Å². The minimum Gasteiger partial charge on any atom is -0.494 e. The van der Waals surface area contributed by atoms with Gasteiger partial charge < -0.3 is 14.2 Å². The molecule has 1 unspecified atom stereocenters. The lowest BCUT2D eigenvalue weighted by Crippen LogP contribution is -2.32. The lowest BCUT2D eigenvalue weighted by molar-refractivity contribution is -0.159. The van der Waals surface area contributed by atoms with Crippen molar-refractivity contribution in [2.45, 2.75) is 83.7 Å². The van der Waals surface area contributed by atoms with Crippen molar-refractivity contribution in [2.24, 2.45) is 17.8 Å². The van der Waals surface area contributed by atoms with E-state index in [9.17, 15) is 9.59 Å². The Morgan fingerprint density at radius 1 is 1.00 bits per heavy atom. The smallest absolute Gasteiger partial charge is 0.313 e. The fraction of sp³-hybridized carbons (Fsp3) is 0.500.